The molecule has 3 aromatic heterocycles. The van der Waals surface area contributed by atoms with E-state index in [-0.39, 0.29) is 29.5 Å². The van der Waals surface area contributed by atoms with Crippen molar-refractivity contribution >= 4 is 27.8 Å². The first-order valence-corrected chi connectivity index (χ1v) is 12.0. The molecule has 4 aromatic rings. The molecule has 0 spiro atoms. The van der Waals surface area contributed by atoms with Gasteiger partial charge in [-0.25, -0.2) is 14.4 Å². The Labute approximate surface area is 196 Å². The zero-order valence-electron chi connectivity index (χ0n) is 19.2. The summed E-state index contributed by atoms with van der Waals surface area (Å²) in [5.41, 5.74) is 7.78. The number of halogens is 1. The molecule has 7 rings (SSSR count). The van der Waals surface area contributed by atoms with Crippen LogP contribution in [0.4, 0.5) is 10.2 Å². The number of nitrogens with zero attached hydrogens (tertiary/aromatic N) is 3. The lowest BCUT2D eigenvalue weighted by molar-refractivity contribution is -0.161. The normalized spacial score (nSPS) is 31.1. The standard InChI is InChI=1S/C27H27FN4O2/c1-26(2)33-23-22(32-13-10-17-4-3-12-30-25(17)32)18-14-27(18,24(23)34-26)11-9-15-5-6-16-7-8-19(29)31-21(16)20(15)28/h3-8,10,12-13,18,22-24H,9,11,14H2,1-2H3,(H2,29,31)/t18-,22-,23+,24+,27?/m1/s1. The number of anilines is 1. The molecule has 2 aliphatic carbocycles. The number of aromatic nitrogens is 3. The quantitative estimate of drug-likeness (QED) is 0.465. The lowest BCUT2D eigenvalue weighted by atomic mass is 9.91. The van der Waals surface area contributed by atoms with Crippen LogP contribution in [0.25, 0.3) is 21.9 Å². The number of ether oxygens (including phenoxy) is 2. The van der Waals surface area contributed by atoms with E-state index in [9.17, 15) is 0 Å². The number of aryl methyl sites for hydroxylation is 1. The van der Waals surface area contributed by atoms with Crippen molar-refractivity contribution in [3.63, 3.8) is 0 Å². The molecule has 0 amide bonds. The number of hydrogen-bond acceptors (Lipinski definition) is 5. The molecular weight excluding hydrogens is 431 g/mol. The Morgan fingerprint density at radius 3 is 2.85 bits per heavy atom. The predicted molar refractivity (Wildman–Crippen MR) is 128 cm³/mol. The van der Waals surface area contributed by atoms with Gasteiger partial charge in [-0.1, -0.05) is 12.1 Å². The van der Waals surface area contributed by atoms with Crippen LogP contribution in [-0.2, 0) is 15.9 Å². The third kappa shape index (κ3) is 2.80. The second kappa shape index (κ2) is 6.77. The maximum atomic E-state index is 15.3. The minimum Gasteiger partial charge on any atom is -0.384 e. The molecule has 4 heterocycles. The molecule has 6 nitrogen and oxygen atoms in total. The van der Waals surface area contributed by atoms with Crippen LogP contribution in [-0.4, -0.2) is 32.5 Å². The number of benzene rings is 1. The molecule has 1 aliphatic heterocycles. The van der Waals surface area contributed by atoms with E-state index in [1.165, 1.54) is 0 Å². The second-order valence-corrected chi connectivity index (χ2v) is 10.5. The Balaban J connectivity index is 1.23. The molecule has 3 aliphatic rings. The van der Waals surface area contributed by atoms with E-state index in [0.717, 1.165) is 29.3 Å². The summed E-state index contributed by atoms with van der Waals surface area (Å²) < 4.78 is 30.6. The Kier molecular flexibility index (Phi) is 4.05. The average Bonchev–Trinajstić information content (AvgIpc) is 3.08. The van der Waals surface area contributed by atoms with E-state index in [4.69, 9.17) is 15.2 Å². The topological polar surface area (TPSA) is 75.2 Å². The number of fused-ring (bicyclic) bond motifs is 5. The number of rotatable bonds is 4. The minimum atomic E-state index is -0.639. The van der Waals surface area contributed by atoms with Crippen molar-refractivity contribution in [1.82, 2.24) is 14.5 Å². The molecule has 1 aromatic carbocycles. The molecule has 174 valence electrons. The third-order valence-corrected chi connectivity index (χ3v) is 8.18. The lowest BCUT2D eigenvalue weighted by Gasteiger charge is -2.24. The summed E-state index contributed by atoms with van der Waals surface area (Å²) in [5, 5.41) is 1.89. The predicted octanol–water partition coefficient (Wildman–Crippen LogP) is 5.02. The van der Waals surface area contributed by atoms with Gasteiger partial charge in [-0.3, -0.25) is 0 Å². The second-order valence-electron chi connectivity index (χ2n) is 10.5. The monoisotopic (exact) mass is 458 g/mol. The number of pyridine rings is 2. The van der Waals surface area contributed by atoms with Gasteiger partial charge in [0.05, 0.1) is 12.1 Å². The number of nitrogens with two attached hydrogens (primary N) is 1. The van der Waals surface area contributed by atoms with E-state index >= 15 is 4.39 Å². The highest BCUT2D eigenvalue weighted by Crippen LogP contribution is 2.73. The third-order valence-electron chi connectivity index (χ3n) is 8.18. The highest BCUT2D eigenvalue weighted by atomic mass is 19.1. The van der Waals surface area contributed by atoms with E-state index in [1.54, 1.807) is 6.07 Å². The maximum Gasteiger partial charge on any atom is 0.163 e. The van der Waals surface area contributed by atoms with Crippen molar-refractivity contribution in [2.75, 3.05) is 5.73 Å². The maximum absolute atomic E-state index is 15.3. The molecule has 3 fully saturated rings. The molecule has 7 heteroatoms. The molecule has 2 N–H and O–H groups in total. The molecular formula is C27H27FN4O2. The molecule has 34 heavy (non-hydrogen) atoms. The van der Waals surface area contributed by atoms with Gasteiger partial charge in [0.2, 0.25) is 0 Å². The van der Waals surface area contributed by atoms with Crippen molar-refractivity contribution in [3.8, 4) is 0 Å². The Morgan fingerprint density at radius 1 is 1.12 bits per heavy atom. The highest BCUT2D eigenvalue weighted by Gasteiger charge is 2.75. The first-order chi connectivity index (χ1) is 16.4. The van der Waals surface area contributed by atoms with Crippen molar-refractivity contribution in [3.05, 3.63) is 66.2 Å². The van der Waals surface area contributed by atoms with Gasteiger partial charge < -0.3 is 19.8 Å². The van der Waals surface area contributed by atoms with E-state index in [0.29, 0.717) is 29.2 Å². The van der Waals surface area contributed by atoms with Gasteiger partial charge in [-0.15, -0.1) is 0 Å². The van der Waals surface area contributed by atoms with Crippen molar-refractivity contribution < 1.29 is 13.9 Å². The summed E-state index contributed by atoms with van der Waals surface area (Å²) in [6.45, 7) is 3.97. The Bertz CT molecular complexity index is 1450. The van der Waals surface area contributed by atoms with Gasteiger partial charge >= 0.3 is 0 Å². The van der Waals surface area contributed by atoms with Crippen molar-refractivity contribution in [1.29, 1.82) is 0 Å². The summed E-state index contributed by atoms with van der Waals surface area (Å²) in [4.78, 5) is 8.89. The molecule has 0 bridgehead atoms. The number of nitrogen functional groups attached to an aromatic ring is 1. The molecule has 1 unspecified atom stereocenters. The molecule has 0 radical (unpaired) electrons. The summed E-state index contributed by atoms with van der Waals surface area (Å²) in [5.74, 6) is -0.167. The van der Waals surface area contributed by atoms with Gasteiger partial charge in [-0.05, 0) is 74.9 Å². The van der Waals surface area contributed by atoms with Gasteiger partial charge in [0, 0.05) is 28.6 Å². The summed E-state index contributed by atoms with van der Waals surface area (Å²) in [6, 6.07) is 13.6. The van der Waals surface area contributed by atoms with Crippen LogP contribution >= 0.6 is 0 Å². The van der Waals surface area contributed by atoms with E-state index < -0.39 is 5.79 Å². The fraction of sp³-hybridized carbons (Fsp3) is 0.407. The van der Waals surface area contributed by atoms with E-state index in [1.807, 2.05) is 44.3 Å². The van der Waals surface area contributed by atoms with Gasteiger partial charge in [0.25, 0.3) is 0 Å². The first-order valence-electron chi connectivity index (χ1n) is 12.0. The highest BCUT2D eigenvalue weighted by molar-refractivity contribution is 5.81. The largest absolute Gasteiger partial charge is 0.384 e. The van der Waals surface area contributed by atoms with Gasteiger partial charge in [0.15, 0.2) is 11.6 Å². The fourth-order valence-corrected chi connectivity index (χ4v) is 6.63. The van der Waals surface area contributed by atoms with Crippen molar-refractivity contribution in [2.24, 2.45) is 11.3 Å². The summed E-state index contributed by atoms with van der Waals surface area (Å²) in [6.07, 6.45) is 6.41. The van der Waals surface area contributed by atoms with Gasteiger partial charge in [-0.2, -0.15) is 0 Å². The van der Waals surface area contributed by atoms with Crippen LogP contribution in [0.1, 0.15) is 38.3 Å². The van der Waals surface area contributed by atoms with Crippen LogP contribution in [0.15, 0.2) is 54.9 Å². The zero-order chi connectivity index (χ0) is 23.2. The van der Waals surface area contributed by atoms with Crippen LogP contribution in [0.5, 0.6) is 0 Å². The Hall–Kier alpha value is -3.03. The Morgan fingerprint density at radius 2 is 1.97 bits per heavy atom. The van der Waals surface area contributed by atoms with Crippen LogP contribution in [0.3, 0.4) is 0 Å². The van der Waals surface area contributed by atoms with Crippen LogP contribution in [0, 0.1) is 17.2 Å². The fourth-order valence-electron chi connectivity index (χ4n) is 6.63. The van der Waals surface area contributed by atoms with E-state index in [2.05, 4.69) is 32.9 Å². The SMILES string of the molecule is CC1(C)O[C@H]2[C@H](n3ccc4cccnc43)[C@H]3CC3(CCc3ccc4ccc(N)nc4c3F)[C@H]2O1. The number of hydrogen-bond donors (Lipinski definition) is 1. The molecule has 5 atom stereocenters. The van der Waals surface area contributed by atoms with Crippen LogP contribution in [0.2, 0.25) is 0 Å². The summed E-state index contributed by atoms with van der Waals surface area (Å²) in [7, 11) is 0. The smallest absolute Gasteiger partial charge is 0.163 e. The summed E-state index contributed by atoms with van der Waals surface area (Å²) >= 11 is 0. The van der Waals surface area contributed by atoms with Crippen molar-refractivity contribution in [2.45, 2.75) is 57.1 Å². The minimum absolute atomic E-state index is 0.0176. The lowest BCUT2D eigenvalue weighted by Crippen LogP contribution is -2.32. The molecule has 1 saturated heterocycles. The first kappa shape index (κ1) is 20.4. The average molecular weight is 459 g/mol. The molecule has 2 saturated carbocycles. The zero-order valence-corrected chi connectivity index (χ0v) is 19.2. The van der Waals surface area contributed by atoms with Crippen LogP contribution < -0.4 is 5.73 Å². The van der Waals surface area contributed by atoms with Gasteiger partial charge in [0.1, 0.15) is 23.1 Å².